The van der Waals surface area contributed by atoms with Gasteiger partial charge in [-0.1, -0.05) is 73.3 Å². The lowest BCUT2D eigenvalue weighted by molar-refractivity contribution is -0.116. The first-order valence-electron chi connectivity index (χ1n) is 12.1. The second kappa shape index (κ2) is 11.3. The third-order valence-electron chi connectivity index (χ3n) is 6.19. The van der Waals surface area contributed by atoms with Gasteiger partial charge in [0.1, 0.15) is 6.61 Å². The van der Waals surface area contributed by atoms with Crippen LogP contribution >= 0.6 is 27.7 Å². The number of carbonyl (C=O) groups is 1. The summed E-state index contributed by atoms with van der Waals surface area (Å²) in [6.45, 7) is 2.53. The molecule has 1 fully saturated rings. The molecule has 0 aliphatic carbocycles. The molecule has 4 aromatic carbocycles. The summed E-state index contributed by atoms with van der Waals surface area (Å²) in [7, 11) is 1.62. The maximum Gasteiger partial charge on any atom is 0.260 e. The number of benzene rings is 4. The summed E-state index contributed by atoms with van der Waals surface area (Å²) >= 11 is 5.09. The minimum atomic E-state index is -0.236. The molecule has 4 aromatic rings. The van der Waals surface area contributed by atoms with E-state index in [1.54, 1.807) is 7.11 Å². The average Bonchev–Trinajstić information content (AvgIpc) is 3.26. The van der Waals surface area contributed by atoms with Crippen molar-refractivity contribution in [3.05, 3.63) is 105 Å². The molecule has 188 valence electrons. The maximum atomic E-state index is 12.6. The molecule has 1 atom stereocenters. The van der Waals surface area contributed by atoms with Crippen LogP contribution in [0.3, 0.4) is 0 Å². The van der Waals surface area contributed by atoms with E-state index in [1.807, 2.05) is 48.5 Å². The molecule has 0 spiro atoms. The van der Waals surface area contributed by atoms with Gasteiger partial charge >= 0.3 is 0 Å². The predicted molar refractivity (Wildman–Crippen MR) is 156 cm³/mol. The van der Waals surface area contributed by atoms with Gasteiger partial charge in [-0.05, 0) is 80.2 Å². The number of halogens is 1. The highest BCUT2D eigenvalue weighted by molar-refractivity contribution is 9.10. The number of rotatable bonds is 8. The number of fused-ring (bicyclic) bond motifs is 1. The number of amides is 1. The molecule has 0 bridgehead atoms. The van der Waals surface area contributed by atoms with Gasteiger partial charge < -0.3 is 20.1 Å². The van der Waals surface area contributed by atoms with Crippen molar-refractivity contribution < 1.29 is 14.3 Å². The van der Waals surface area contributed by atoms with Crippen LogP contribution < -0.4 is 20.1 Å². The van der Waals surface area contributed by atoms with Gasteiger partial charge in [0.25, 0.3) is 5.91 Å². The van der Waals surface area contributed by atoms with Crippen LogP contribution in [0.15, 0.2) is 88.2 Å². The standard InChI is InChI=1S/C30H27BrN2O3S/c1-3-19-11-13-23(14-12-19)32-30-33-29(34)27(37-30)17-20-15-25(31)28(26(16-20)35-2)36-18-22-9-6-8-21-7-4-5-10-24(21)22/h4-17,30,32H,3,18H2,1-2H3,(H,33,34)/b27-17+/t30-/m0/s1. The average molecular weight is 576 g/mol. The Morgan fingerprint density at radius 2 is 1.84 bits per heavy atom. The topological polar surface area (TPSA) is 59.6 Å². The van der Waals surface area contributed by atoms with Crippen molar-refractivity contribution >= 4 is 56.1 Å². The molecule has 1 amide bonds. The Kier molecular flexibility index (Phi) is 7.72. The number of hydrogen-bond acceptors (Lipinski definition) is 5. The van der Waals surface area contributed by atoms with Crippen molar-refractivity contribution in [1.29, 1.82) is 0 Å². The first-order valence-corrected chi connectivity index (χ1v) is 13.7. The lowest BCUT2D eigenvalue weighted by atomic mass is 10.1. The number of aryl methyl sites for hydroxylation is 1. The van der Waals surface area contributed by atoms with Crippen LogP contribution in [-0.4, -0.2) is 18.5 Å². The number of ether oxygens (including phenoxy) is 2. The van der Waals surface area contributed by atoms with E-state index in [0.29, 0.717) is 23.0 Å². The monoisotopic (exact) mass is 574 g/mol. The molecule has 7 heteroatoms. The predicted octanol–water partition coefficient (Wildman–Crippen LogP) is 7.35. The molecular weight excluding hydrogens is 548 g/mol. The first-order chi connectivity index (χ1) is 18.0. The molecule has 37 heavy (non-hydrogen) atoms. The van der Waals surface area contributed by atoms with Gasteiger partial charge in [-0.15, -0.1) is 0 Å². The molecule has 0 saturated carbocycles. The largest absolute Gasteiger partial charge is 0.493 e. The number of anilines is 1. The molecule has 2 N–H and O–H groups in total. The fourth-order valence-corrected chi connectivity index (χ4v) is 5.80. The van der Waals surface area contributed by atoms with Crippen LogP contribution in [0.25, 0.3) is 16.8 Å². The summed E-state index contributed by atoms with van der Waals surface area (Å²) < 4.78 is 12.6. The van der Waals surface area contributed by atoms with Gasteiger partial charge in [0.05, 0.1) is 16.5 Å². The Hall–Kier alpha value is -3.42. The fraction of sp³-hybridized carbons (Fsp3) is 0.167. The number of methoxy groups -OCH3 is 1. The second-order valence-electron chi connectivity index (χ2n) is 8.64. The summed E-state index contributed by atoms with van der Waals surface area (Å²) in [6, 6.07) is 26.5. The highest BCUT2D eigenvalue weighted by atomic mass is 79.9. The molecular formula is C30H27BrN2O3S. The first kappa shape index (κ1) is 25.2. The Morgan fingerprint density at radius 1 is 1.05 bits per heavy atom. The summed E-state index contributed by atoms with van der Waals surface area (Å²) in [5, 5.41) is 8.69. The minimum Gasteiger partial charge on any atom is -0.493 e. The Morgan fingerprint density at radius 3 is 2.62 bits per heavy atom. The van der Waals surface area contributed by atoms with E-state index in [0.717, 1.165) is 33.1 Å². The zero-order chi connectivity index (χ0) is 25.8. The second-order valence-corrected chi connectivity index (χ2v) is 10.6. The van der Waals surface area contributed by atoms with Crippen LogP contribution in [0, 0.1) is 0 Å². The number of nitrogens with one attached hydrogen (secondary N) is 2. The van der Waals surface area contributed by atoms with E-state index < -0.39 is 0 Å². The number of thioether (sulfide) groups is 1. The molecule has 0 aromatic heterocycles. The van der Waals surface area contributed by atoms with Gasteiger partial charge in [0.2, 0.25) is 0 Å². The third kappa shape index (κ3) is 5.78. The summed E-state index contributed by atoms with van der Waals surface area (Å²) in [5.41, 5.74) is 3.94. The third-order valence-corrected chi connectivity index (χ3v) is 7.81. The fourth-order valence-electron chi connectivity index (χ4n) is 4.24. The van der Waals surface area contributed by atoms with Gasteiger partial charge in [0.15, 0.2) is 17.0 Å². The van der Waals surface area contributed by atoms with Gasteiger partial charge in [-0.3, -0.25) is 4.79 Å². The van der Waals surface area contributed by atoms with Crippen molar-refractivity contribution in [2.45, 2.75) is 25.4 Å². The Bertz CT molecular complexity index is 1460. The van der Waals surface area contributed by atoms with Crippen molar-refractivity contribution in [2.75, 3.05) is 12.4 Å². The SMILES string of the molecule is CCc1ccc(N[C@H]2NC(=O)/C(=C\c3cc(Br)c(OCc4cccc5ccccc45)c(OC)c3)S2)cc1. The van der Waals surface area contributed by atoms with E-state index in [-0.39, 0.29) is 11.4 Å². The van der Waals surface area contributed by atoms with Crippen LogP contribution in [0.4, 0.5) is 5.69 Å². The number of hydrogen-bond donors (Lipinski definition) is 2. The van der Waals surface area contributed by atoms with Crippen LogP contribution in [-0.2, 0) is 17.8 Å². The lowest BCUT2D eigenvalue weighted by Gasteiger charge is -2.15. The van der Waals surface area contributed by atoms with Crippen molar-refractivity contribution in [1.82, 2.24) is 5.32 Å². The van der Waals surface area contributed by atoms with Gasteiger partial charge in [-0.25, -0.2) is 0 Å². The summed E-state index contributed by atoms with van der Waals surface area (Å²) in [5.74, 6) is 1.10. The van der Waals surface area contributed by atoms with Crippen LogP contribution in [0.1, 0.15) is 23.6 Å². The molecule has 0 unspecified atom stereocenters. The number of carbonyl (C=O) groups excluding carboxylic acids is 1. The summed E-state index contributed by atoms with van der Waals surface area (Å²) in [6.07, 6.45) is 2.86. The van der Waals surface area contributed by atoms with Crippen LogP contribution in [0.5, 0.6) is 11.5 Å². The Balaban J connectivity index is 1.31. The lowest BCUT2D eigenvalue weighted by Crippen LogP contribution is -2.30. The maximum absolute atomic E-state index is 12.6. The van der Waals surface area contributed by atoms with E-state index in [1.165, 1.54) is 22.7 Å². The molecule has 1 heterocycles. The molecule has 1 aliphatic heterocycles. The quantitative estimate of drug-likeness (QED) is 0.215. The van der Waals surface area contributed by atoms with Crippen molar-refractivity contribution in [3.8, 4) is 11.5 Å². The molecule has 1 saturated heterocycles. The zero-order valence-corrected chi connectivity index (χ0v) is 23.0. The Labute approximate surface area is 229 Å². The molecule has 1 aliphatic rings. The van der Waals surface area contributed by atoms with Gasteiger partial charge in [-0.2, -0.15) is 0 Å². The van der Waals surface area contributed by atoms with E-state index in [9.17, 15) is 4.79 Å². The minimum absolute atomic E-state index is 0.112. The van der Waals surface area contributed by atoms with E-state index in [2.05, 4.69) is 69.9 Å². The summed E-state index contributed by atoms with van der Waals surface area (Å²) in [4.78, 5) is 13.3. The molecule has 0 radical (unpaired) electrons. The zero-order valence-electron chi connectivity index (χ0n) is 20.6. The van der Waals surface area contributed by atoms with Gasteiger partial charge in [0, 0.05) is 5.69 Å². The highest BCUT2D eigenvalue weighted by Crippen LogP contribution is 2.39. The smallest absolute Gasteiger partial charge is 0.260 e. The molecule has 5 nitrogen and oxygen atoms in total. The van der Waals surface area contributed by atoms with E-state index >= 15 is 0 Å². The van der Waals surface area contributed by atoms with Crippen LogP contribution in [0.2, 0.25) is 0 Å². The highest BCUT2D eigenvalue weighted by Gasteiger charge is 2.27. The van der Waals surface area contributed by atoms with E-state index in [4.69, 9.17) is 9.47 Å². The van der Waals surface area contributed by atoms with Crippen molar-refractivity contribution in [2.24, 2.45) is 0 Å². The molecule has 5 rings (SSSR count). The normalized spacial score (nSPS) is 16.1. The van der Waals surface area contributed by atoms with Crippen molar-refractivity contribution in [3.63, 3.8) is 0 Å².